The minimum Gasteiger partial charge on any atom is -0.411 e. The lowest BCUT2D eigenvalue weighted by atomic mass is 9.94. The van der Waals surface area contributed by atoms with Crippen LogP contribution in [0.25, 0.3) is 0 Å². The van der Waals surface area contributed by atoms with E-state index in [2.05, 4.69) is 31.4 Å². The summed E-state index contributed by atoms with van der Waals surface area (Å²) in [5.41, 5.74) is 1.73. The highest BCUT2D eigenvalue weighted by molar-refractivity contribution is 9.10. The molecule has 0 spiro atoms. The van der Waals surface area contributed by atoms with Crippen molar-refractivity contribution in [3.8, 4) is 0 Å². The Labute approximate surface area is 182 Å². The fourth-order valence-electron chi connectivity index (χ4n) is 3.64. The lowest BCUT2D eigenvalue weighted by Gasteiger charge is -2.30. The van der Waals surface area contributed by atoms with Gasteiger partial charge in [0.25, 0.3) is 0 Å². The zero-order valence-electron chi connectivity index (χ0n) is 16.2. The molecule has 8 nitrogen and oxygen atoms in total. The third-order valence-corrected chi connectivity index (χ3v) is 8.38. The first-order chi connectivity index (χ1) is 14.3. The molecule has 1 aromatic heterocycles. The molecule has 0 amide bonds. The normalized spacial score (nSPS) is 18.9. The van der Waals surface area contributed by atoms with E-state index in [-0.39, 0.29) is 29.1 Å². The number of sulfonamides is 1. The Hall–Kier alpha value is -1.85. The van der Waals surface area contributed by atoms with Gasteiger partial charge in [0.15, 0.2) is 5.69 Å². The first-order valence-electron chi connectivity index (χ1n) is 9.76. The van der Waals surface area contributed by atoms with Gasteiger partial charge >= 0.3 is 0 Å². The molecule has 1 saturated heterocycles. The summed E-state index contributed by atoms with van der Waals surface area (Å²) >= 11 is 3.15. The van der Waals surface area contributed by atoms with Gasteiger partial charge in [-0.15, -0.1) is 0 Å². The van der Waals surface area contributed by atoms with E-state index in [0.29, 0.717) is 41.8 Å². The van der Waals surface area contributed by atoms with Crippen molar-refractivity contribution in [1.29, 1.82) is 0 Å². The van der Waals surface area contributed by atoms with Crippen molar-refractivity contribution < 1.29 is 22.6 Å². The number of hydrogen-bond donors (Lipinski definition) is 1. The third-order valence-electron chi connectivity index (χ3n) is 5.90. The highest BCUT2D eigenvalue weighted by Crippen LogP contribution is 2.51. The van der Waals surface area contributed by atoms with Crippen molar-refractivity contribution >= 4 is 31.7 Å². The summed E-state index contributed by atoms with van der Waals surface area (Å²) in [6.07, 6.45) is 4.01. The van der Waals surface area contributed by atoms with E-state index in [1.54, 1.807) is 12.1 Å². The summed E-state index contributed by atoms with van der Waals surface area (Å²) in [4.78, 5) is 0. The Morgan fingerprint density at radius 3 is 2.70 bits per heavy atom. The fraction of sp³-hybridized carbons (Fsp3) is 0.526. The topological polar surface area (TPSA) is 109 Å². The van der Waals surface area contributed by atoms with Crippen molar-refractivity contribution in [2.24, 2.45) is 10.6 Å². The van der Waals surface area contributed by atoms with Gasteiger partial charge in [0.1, 0.15) is 17.2 Å². The fourth-order valence-corrected chi connectivity index (χ4v) is 5.83. The second-order valence-electron chi connectivity index (χ2n) is 8.03. The van der Waals surface area contributed by atoms with E-state index in [9.17, 15) is 18.0 Å². The molecule has 0 radical (unpaired) electrons. The SMILES string of the molecule is O=S(=O)(CCC1(Cc2nonc2/C(Cc2ccc(F)c(Br)c2)=N/O)CC1)N1CCC1. The van der Waals surface area contributed by atoms with Crippen molar-refractivity contribution in [2.75, 3.05) is 18.8 Å². The van der Waals surface area contributed by atoms with Crippen molar-refractivity contribution in [3.05, 3.63) is 45.4 Å². The van der Waals surface area contributed by atoms with Crippen LogP contribution >= 0.6 is 15.9 Å². The Bertz CT molecular complexity index is 1060. The summed E-state index contributed by atoms with van der Waals surface area (Å²) in [6.45, 7) is 1.23. The second-order valence-corrected chi connectivity index (χ2v) is 11.0. The number of aromatic nitrogens is 2. The van der Waals surface area contributed by atoms with Crippen LogP contribution in [0.3, 0.4) is 0 Å². The lowest BCUT2D eigenvalue weighted by molar-refractivity contribution is 0.297. The van der Waals surface area contributed by atoms with E-state index >= 15 is 0 Å². The molecule has 2 aliphatic rings. The number of hydrogen-bond acceptors (Lipinski definition) is 7. The maximum absolute atomic E-state index is 13.5. The minimum absolute atomic E-state index is 0.123. The predicted octanol–water partition coefficient (Wildman–Crippen LogP) is 3.14. The van der Waals surface area contributed by atoms with Gasteiger partial charge in [-0.3, -0.25) is 0 Å². The largest absolute Gasteiger partial charge is 0.411 e. The highest BCUT2D eigenvalue weighted by atomic mass is 79.9. The number of benzene rings is 1. The second kappa shape index (κ2) is 8.35. The van der Waals surface area contributed by atoms with Crippen LogP contribution in [-0.2, 0) is 22.9 Å². The van der Waals surface area contributed by atoms with Gasteiger partial charge in [0, 0.05) is 25.9 Å². The van der Waals surface area contributed by atoms with Gasteiger partial charge in [-0.25, -0.2) is 21.7 Å². The van der Waals surface area contributed by atoms with Gasteiger partial charge in [-0.05, 0) is 69.9 Å². The average Bonchev–Trinajstić information content (AvgIpc) is 3.28. The molecule has 0 atom stereocenters. The van der Waals surface area contributed by atoms with E-state index in [1.807, 2.05) is 0 Å². The summed E-state index contributed by atoms with van der Waals surface area (Å²) in [5.74, 6) is -0.257. The molecule has 1 aliphatic heterocycles. The summed E-state index contributed by atoms with van der Waals surface area (Å²) in [7, 11) is -3.20. The smallest absolute Gasteiger partial charge is 0.214 e. The monoisotopic (exact) mass is 500 g/mol. The zero-order chi connectivity index (χ0) is 21.4. The minimum atomic E-state index is -3.20. The highest BCUT2D eigenvalue weighted by Gasteiger charge is 2.45. The molecule has 2 fully saturated rings. The molecule has 1 aromatic carbocycles. The molecule has 162 valence electrons. The van der Waals surface area contributed by atoms with Crippen molar-refractivity contribution in [2.45, 2.75) is 38.5 Å². The van der Waals surface area contributed by atoms with Crippen LogP contribution in [-0.4, -0.2) is 52.8 Å². The maximum atomic E-state index is 13.5. The van der Waals surface area contributed by atoms with E-state index in [0.717, 1.165) is 24.8 Å². The molecular formula is C19H22BrFN4O4S. The van der Waals surface area contributed by atoms with Gasteiger partial charge in [0.2, 0.25) is 10.0 Å². The number of nitrogens with zero attached hydrogens (tertiary/aromatic N) is 4. The van der Waals surface area contributed by atoms with Crippen molar-refractivity contribution in [1.82, 2.24) is 14.6 Å². The predicted molar refractivity (Wildman–Crippen MR) is 110 cm³/mol. The lowest BCUT2D eigenvalue weighted by Crippen LogP contribution is -2.43. The molecule has 0 unspecified atom stereocenters. The van der Waals surface area contributed by atoms with Crippen LogP contribution in [0.2, 0.25) is 0 Å². The van der Waals surface area contributed by atoms with Gasteiger partial charge in [-0.1, -0.05) is 16.4 Å². The van der Waals surface area contributed by atoms with E-state index in [4.69, 9.17) is 4.63 Å². The van der Waals surface area contributed by atoms with E-state index < -0.39 is 10.0 Å². The number of rotatable bonds is 9. The maximum Gasteiger partial charge on any atom is 0.214 e. The molecule has 2 heterocycles. The Morgan fingerprint density at radius 2 is 2.10 bits per heavy atom. The van der Waals surface area contributed by atoms with Crippen LogP contribution in [0, 0.1) is 11.2 Å². The first kappa shape index (κ1) is 21.4. The molecule has 11 heteroatoms. The van der Waals surface area contributed by atoms with Crippen LogP contribution in [0.1, 0.15) is 42.6 Å². The molecule has 1 aliphatic carbocycles. The molecule has 0 bridgehead atoms. The van der Waals surface area contributed by atoms with Gasteiger partial charge < -0.3 is 5.21 Å². The number of halogens is 2. The summed E-state index contributed by atoms with van der Waals surface area (Å²) in [6, 6.07) is 4.53. The zero-order valence-corrected chi connectivity index (χ0v) is 18.6. The Balaban J connectivity index is 1.45. The Morgan fingerprint density at radius 1 is 1.33 bits per heavy atom. The molecule has 4 rings (SSSR count). The summed E-state index contributed by atoms with van der Waals surface area (Å²) < 4.78 is 44.9. The van der Waals surface area contributed by atoms with Crippen LogP contribution in [0.15, 0.2) is 32.5 Å². The van der Waals surface area contributed by atoms with Gasteiger partial charge in [-0.2, -0.15) is 0 Å². The van der Waals surface area contributed by atoms with Crippen LogP contribution in [0.4, 0.5) is 4.39 Å². The standard InChI is InChI=1S/C19H22BrFN4O4S/c20-14-10-13(2-3-15(14)21)11-16(22-26)18-17(23-29-24-18)12-19(4-5-19)6-9-30(27,28)25-7-1-8-25/h2-3,10,26H,1,4-9,11-12H2/b22-16+. The van der Waals surface area contributed by atoms with Gasteiger partial charge in [0.05, 0.1) is 10.2 Å². The first-order valence-corrected chi connectivity index (χ1v) is 12.2. The average molecular weight is 501 g/mol. The summed E-state index contributed by atoms with van der Waals surface area (Å²) in [5, 5.41) is 20.8. The number of oxime groups is 1. The molecule has 30 heavy (non-hydrogen) atoms. The molecule has 1 saturated carbocycles. The quantitative estimate of drug-likeness (QED) is 0.321. The molecular weight excluding hydrogens is 479 g/mol. The Kier molecular flexibility index (Phi) is 5.95. The van der Waals surface area contributed by atoms with Crippen LogP contribution < -0.4 is 0 Å². The molecule has 1 N–H and O–H groups in total. The molecule has 2 aromatic rings. The van der Waals surface area contributed by atoms with Crippen molar-refractivity contribution in [3.63, 3.8) is 0 Å². The van der Waals surface area contributed by atoms with E-state index in [1.165, 1.54) is 10.4 Å². The third kappa shape index (κ3) is 4.57. The van der Waals surface area contributed by atoms with Crippen LogP contribution in [0.5, 0.6) is 0 Å².